The minimum absolute atomic E-state index is 0.0180. The van der Waals surface area contributed by atoms with Gasteiger partial charge in [0.05, 0.1) is 24.8 Å². The molecule has 6 nitrogen and oxygen atoms in total. The maximum atomic E-state index is 13.1. The van der Waals surface area contributed by atoms with Gasteiger partial charge in [-0.05, 0) is 50.1 Å². The number of nitrogens with one attached hydrogen (secondary N) is 1. The first-order chi connectivity index (χ1) is 13.7. The summed E-state index contributed by atoms with van der Waals surface area (Å²) in [6, 6.07) is 13.4. The molecular weight excluding hydrogens is 354 g/mol. The van der Waals surface area contributed by atoms with Crippen LogP contribution in [0.15, 0.2) is 42.5 Å². The van der Waals surface area contributed by atoms with Gasteiger partial charge < -0.3 is 19.4 Å². The van der Waals surface area contributed by atoms with E-state index in [1.54, 1.807) is 25.3 Å². The zero-order chi connectivity index (χ0) is 19.5. The Hall–Kier alpha value is -3.02. The van der Waals surface area contributed by atoms with Crippen molar-refractivity contribution >= 4 is 16.9 Å². The van der Waals surface area contributed by atoms with Crippen LogP contribution in [0.3, 0.4) is 0 Å². The van der Waals surface area contributed by atoms with E-state index in [1.807, 2.05) is 36.1 Å². The molecule has 0 saturated carbocycles. The van der Waals surface area contributed by atoms with E-state index in [4.69, 9.17) is 14.5 Å². The van der Waals surface area contributed by atoms with Crippen LogP contribution in [0.2, 0.25) is 0 Å². The van der Waals surface area contributed by atoms with E-state index < -0.39 is 0 Å². The lowest BCUT2D eigenvalue weighted by Crippen LogP contribution is -2.39. The molecule has 1 fully saturated rings. The second-order valence-electron chi connectivity index (χ2n) is 7.03. The Labute approximate surface area is 164 Å². The van der Waals surface area contributed by atoms with E-state index in [0.717, 1.165) is 36.2 Å². The van der Waals surface area contributed by atoms with Crippen LogP contribution in [0.5, 0.6) is 11.5 Å². The number of nitrogens with zero attached hydrogens (tertiary/aromatic N) is 2. The fourth-order valence-corrected chi connectivity index (χ4v) is 3.81. The Morgan fingerprint density at radius 2 is 2.11 bits per heavy atom. The highest BCUT2D eigenvalue weighted by molar-refractivity contribution is 5.95. The number of hydrogen-bond acceptors (Lipinski definition) is 4. The number of para-hydroxylation sites is 2. The summed E-state index contributed by atoms with van der Waals surface area (Å²) in [5, 5.41) is 0. The molecule has 1 aromatic heterocycles. The largest absolute Gasteiger partial charge is 0.493 e. The topological polar surface area (TPSA) is 67.5 Å². The number of ether oxygens (including phenoxy) is 2. The molecule has 1 N–H and O–H groups in total. The van der Waals surface area contributed by atoms with Gasteiger partial charge in [0.1, 0.15) is 5.82 Å². The highest BCUT2D eigenvalue weighted by atomic mass is 16.5. The number of carbonyl (C=O) groups excluding carboxylic acids is 1. The third kappa shape index (κ3) is 3.54. The molecular formula is C22H25N3O3. The summed E-state index contributed by atoms with van der Waals surface area (Å²) in [5.41, 5.74) is 2.63. The Kier molecular flexibility index (Phi) is 5.19. The van der Waals surface area contributed by atoms with E-state index >= 15 is 0 Å². The van der Waals surface area contributed by atoms with Gasteiger partial charge in [-0.3, -0.25) is 4.79 Å². The molecule has 1 amide bonds. The van der Waals surface area contributed by atoms with Crippen molar-refractivity contribution in [1.82, 2.24) is 14.9 Å². The average Bonchev–Trinajstić information content (AvgIpc) is 3.18. The molecule has 1 unspecified atom stereocenters. The van der Waals surface area contributed by atoms with Crippen LogP contribution >= 0.6 is 0 Å². The zero-order valence-electron chi connectivity index (χ0n) is 16.3. The zero-order valence-corrected chi connectivity index (χ0v) is 16.3. The molecule has 1 aliphatic heterocycles. The van der Waals surface area contributed by atoms with Crippen LogP contribution in [0.1, 0.15) is 41.9 Å². The predicted molar refractivity (Wildman–Crippen MR) is 108 cm³/mol. The lowest BCUT2D eigenvalue weighted by atomic mass is 9.96. The minimum atomic E-state index is 0.0180. The summed E-state index contributed by atoms with van der Waals surface area (Å²) < 4.78 is 10.9. The number of benzene rings is 2. The first kappa shape index (κ1) is 18.3. The molecule has 0 spiro atoms. The van der Waals surface area contributed by atoms with Crippen LogP contribution in [0, 0.1) is 0 Å². The van der Waals surface area contributed by atoms with Crippen LogP contribution < -0.4 is 9.47 Å². The highest BCUT2D eigenvalue weighted by Crippen LogP contribution is 2.31. The number of hydrogen-bond donors (Lipinski definition) is 1. The lowest BCUT2D eigenvalue weighted by molar-refractivity contribution is 0.0704. The summed E-state index contributed by atoms with van der Waals surface area (Å²) in [5.74, 6) is 2.43. The predicted octanol–water partition coefficient (Wildman–Crippen LogP) is 3.99. The van der Waals surface area contributed by atoms with E-state index in [9.17, 15) is 4.79 Å². The molecule has 2 heterocycles. The fourth-order valence-electron chi connectivity index (χ4n) is 3.81. The van der Waals surface area contributed by atoms with E-state index in [-0.39, 0.29) is 11.8 Å². The third-order valence-corrected chi connectivity index (χ3v) is 5.21. The second kappa shape index (κ2) is 7.92. The quantitative estimate of drug-likeness (QED) is 0.728. The normalized spacial score (nSPS) is 16.9. The molecule has 3 aromatic rings. The maximum Gasteiger partial charge on any atom is 0.254 e. The van der Waals surface area contributed by atoms with Crippen molar-refractivity contribution in [2.24, 2.45) is 0 Å². The molecule has 0 radical (unpaired) electrons. The monoisotopic (exact) mass is 379 g/mol. The van der Waals surface area contributed by atoms with Gasteiger partial charge in [-0.15, -0.1) is 0 Å². The number of imidazole rings is 1. The van der Waals surface area contributed by atoms with Crippen molar-refractivity contribution in [3.63, 3.8) is 0 Å². The van der Waals surface area contributed by atoms with Gasteiger partial charge in [0.25, 0.3) is 5.91 Å². The van der Waals surface area contributed by atoms with Crippen LogP contribution in [-0.4, -0.2) is 47.6 Å². The van der Waals surface area contributed by atoms with Crippen LogP contribution in [0.25, 0.3) is 11.0 Å². The number of amides is 1. The molecule has 2 aromatic carbocycles. The number of carbonyl (C=O) groups is 1. The van der Waals surface area contributed by atoms with Crippen molar-refractivity contribution < 1.29 is 14.3 Å². The second-order valence-corrected chi connectivity index (χ2v) is 7.03. The van der Waals surface area contributed by atoms with Gasteiger partial charge in [0, 0.05) is 24.6 Å². The summed E-state index contributed by atoms with van der Waals surface area (Å²) in [4.78, 5) is 23.2. The first-order valence-electron chi connectivity index (χ1n) is 9.74. The van der Waals surface area contributed by atoms with Gasteiger partial charge in [-0.25, -0.2) is 4.98 Å². The maximum absolute atomic E-state index is 13.1. The summed E-state index contributed by atoms with van der Waals surface area (Å²) >= 11 is 0. The smallest absolute Gasteiger partial charge is 0.254 e. The molecule has 28 heavy (non-hydrogen) atoms. The van der Waals surface area contributed by atoms with E-state index in [0.29, 0.717) is 30.2 Å². The average molecular weight is 379 g/mol. The van der Waals surface area contributed by atoms with Gasteiger partial charge in [-0.1, -0.05) is 12.1 Å². The number of likely N-dealkylation sites (tertiary alicyclic amines) is 1. The summed E-state index contributed by atoms with van der Waals surface area (Å²) in [6.45, 7) is 3.85. The Morgan fingerprint density at radius 1 is 1.25 bits per heavy atom. The van der Waals surface area contributed by atoms with Crippen molar-refractivity contribution in [3.8, 4) is 11.5 Å². The fraction of sp³-hybridized carbons (Fsp3) is 0.364. The SMILES string of the molecule is CCOc1cc(C(=O)N2CCCC(c3nc4ccccc4[nH]3)C2)ccc1OC. The summed E-state index contributed by atoms with van der Waals surface area (Å²) in [7, 11) is 1.60. The summed E-state index contributed by atoms with van der Waals surface area (Å²) in [6.07, 6.45) is 1.98. The van der Waals surface area contributed by atoms with Crippen molar-refractivity contribution in [1.29, 1.82) is 0 Å². The Morgan fingerprint density at radius 3 is 2.89 bits per heavy atom. The number of aromatic nitrogens is 2. The number of piperidine rings is 1. The highest BCUT2D eigenvalue weighted by Gasteiger charge is 2.28. The third-order valence-electron chi connectivity index (χ3n) is 5.21. The number of H-pyrrole nitrogens is 1. The van der Waals surface area contributed by atoms with Crippen molar-refractivity contribution in [2.45, 2.75) is 25.7 Å². The standard InChI is InChI=1S/C22H25N3O3/c1-3-28-20-13-15(10-11-19(20)27-2)22(26)25-12-6-7-16(14-25)21-23-17-8-4-5-9-18(17)24-21/h4-5,8-11,13,16H,3,6-7,12,14H2,1-2H3,(H,23,24). The van der Waals surface area contributed by atoms with Gasteiger partial charge in [-0.2, -0.15) is 0 Å². The van der Waals surface area contributed by atoms with Crippen LogP contribution in [0.4, 0.5) is 0 Å². The molecule has 1 saturated heterocycles. The van der Waals surface area contributed by atoms with Crippen LogP contribution in [-0.2, 0) is 0 Å². The Balaban J connectivity index is 1.54. The molecule has 1 aliphatic rings. The first-order valence-corrected chi connectivity index (χ1v) is 9.74. The number of fused-ring (bicyclic) bond motifs is 1. The minimum Gasteiger partial charge on any atom is -0.493 e. The van der Waals surface area contributed by atoms with E-state index in [2.05, 4.69) is 4.98 Å². The van der Waals surface area contributed by atoms with Gasteiger partial charge >= 0.3 is 0 Å². The molecule has 0 aliphatic carbocycles. The van der Waals surface area contributed by atoms with Crippen molar-refractivity contribution in [3.05, 3.63) is 53.9 Å². The number of rotatable bonds is 5. The van der Waals surface area contributed by atoms with Gasteiger partial charge in [0.2, 0.25) is 0 Å². The Bertz CT molecular complexity index is 949. The van der Waals surface area contributed by atoms with E-state index in [1.165, 1.54) is 0 Å². The number of aromatic amines is 1. The molecule has 0 bridgehead atoms. The lowest BCUT2D eigenvalue weighted by Gasteiger charge is -2.32. The molecule has 1 atom stereocenters. The molecule has 146 valence electrons. The molecule has 4 rings (SSSR count). The van der Waals surface area contributed by atoms with Crippen molar-refractivity contribution in [2.75, 3.05) is 26.8 Å². The van der Waals surface area contributed by atoms with Gasteiger partial charge in [0.15, 0.2) is 11.5 Å². The number of methoxy groups -OCH3 is 1. The molecule has 6 heteroatoms.